The molecule has 0 saturated carbocycles. The SMILES string of the molecule is CCCN(CCC)CCCOc1ccccc1C. The fourth-order valence-corrected chi connectivity index (χ4v) is 2.16. The maximum atomic E-state index is 5.82. The molecule has 0 atom stereocenters. The molecule has 0 aliphatic heterocycles. The molecule has 0 radical (unpaired) electrons. The standard InChI is InChI=1S/C16H27NO/c1-4-11-17(12-5-2)13-8-14-18-16-10-7-6-9-15(16)3/h6-7,9-10H,4-5,8,11-14H2,1-3H3. The zero-order valence-electron chi connectivity index (χ0n) is 12.1. The smallest absolute Gasteiger partial charge is 0.122 e. The van der Waals surface area contributed by atoms with E-state index in [0.29, 0.717) is 0 Å². The Balaban J connectivity index is 2.23. The lowest BCUT2D eigenvalue weighted by Crippen LogP contribution is -2.27. The molecule has 0 fully saturated rings. The van der Waals surface area contributed by atoms with Gasteiger partial charge >= 0.3 is 0 Å². The van der Waals surface area contributed by atoms with E-state index in [-0.39, 0.29) is 0 Å². The second-order valence-electron chi connectivity index (χ2n) is 4.81. The average Bonchev–Trinajstić information content (AvgIpc) is 2.37. The van der Waals surface area contributed by atoms with E-state index in [1.165, 1.54) is 31.5 Å². The second kappa shape index (κ2) is 8.98. The van der Waals surface area contributed by atoms with Crippen molar-refractivity contribution in [2.75, 3.05) is 26.2 Å². The Morgan fingerprint density at radius 3 is 2.28 bits per heavy atom. The maximum Gasteiger partial charge on any atom is 0.122 e. The molecule has 18 heavy (non-hydrogen) atoms. The molecular formula is C16H27NO. The number of hydrogen-bond acceptors (Lipinski definition) is 2. The topological polar surface area (TPSA) is 12.5 Å². The molecule has 0 spiro atoms. The summed E-state index contributed by atoms with van der Waals surface area (Å²) in [6, 6.07) is 8.22. The molecule has 0 aromatic heterocycles. The molecule has 0 N–H and O–H groups in total. The molecule has 102 valence electrons. The van der Waals surface area contributed by atoms with Gasteiger partial charge in [-0.25, -0.2) is 0 Å². The number of aryl methyl sites for hydroxylation is 1. The molecule has 0 heterocycles. The fourth-order valence-electron chi connectivity index (χ4n) is 2.16. The maximum absolute atomic E-state index is 5.82. The summed E-state index contributed by atoms with van der Waals surface area (Å²) in [6.45, 7) is 11.0. The van der Waals surface area contributed by atoms with Gasteiger partial charge in [0.2, 0.25) is 0 Å². The summed E-state index contributed by atoms with van der Waals surface area (Å²) in [4.78, 5) is 2.53. The largest absolute Gasteiger partial charge is 0.493 e. The highest BCUT2D eigenvalue weighted by molar-refractivity contribution is 5.31. The van der Waals surface area contributed by atoms with Crippen LogP contribution in [0.25, 0.3) is 0 Å². The summed E-state index contributed by atoms with van der Waals surface area (Å²) in [5.41, 5.74) is 1.22. The van der Waals surface area contributed by atoms with Crippen LogP contribution in [0.4, 0.5) is 0 Å². The summed E-state index contributed by atoms with van der Waals surface area (Å²) in [5, 5.41) is 0. The molecule has 0 saturated heterocycles. The molecule has 2 nitrogen and oxygen atoms in total. The molecule has 0 unspecified atom stereocenters. The van der Waals surface area contributed by atoms with Gasteiger partial charge in [-0.3, -0.25) is 0 Å². The molecule has 1 rings (SSSR count). The monoisotopic (exact) mass is 249 g/mol. The molecule has 2 heteroatoms. The zero-order valence-corrected chi connectivity index (χ0v) is 12.1. The van der Waals surface area contributed by atoms with Crippen LogP contribution in [0.2, 0.25) is 0 Å². The van der Waals surface area contributed by atoms with Gasteiger partial charge in [0.05, 0.1) is 6.61 Å². The predicted octanol–water partition coefficient (Wildman–Crippen LogP) is 3.89. The Labute approximate surface area is 112 Å². The number of benzene rings is 1. The molecule has 0 aliphatic carbocycles. The van der Waals surface area contributed by atoms with Crippen molar-refractivity contribution in [3.8, 4) is 5.75 Å². The van der Waals surface area contributed by atoms with Crippen LogP contribution in [-0.4, -0.2) is 31.1 Å². The number of hydrogen-bond donors (Lipinski definition) is 0. The third kappa shape index (κ3) is 5.54. The average molecular weight is 249 g/mol. The van der Waals surface area contributed by atoms with Gasteiger partial charge in [-0.1, -0.05) is 32.0 Å². The number of rotatable bonds is 9. The minimum Gasteiger partial charge on any atom is -0.493 e. The van der Waals surface area contributed by atoms with Crippen LogP contribution >= 0.6 is 0 Å². The summed E-state index contributed by atoms with van der Waals surface area (Å²) in [7, 11) is 0. The van der Waals surface area contributed by atoms with Crippen molar-refractivity contribution < 1.29 is 4.74 Å². The van der Waals surface area contributed by atoms with E-state index in [1.807, 2.05) is 18.2 Å². The van der Waals surface area contributed by atoms with Crippen LogP contribution in [0, 0.1) is 6.92 Å². The summed E-state index contributed by atoms with van der Waals surface area (Å²) in [6.07, 6.45) is 3.58. The normalized spacial score (nSPS) is 10.9. The van der Waals surface area contributed by atoms with E-state index >= 15 is 0 Å². The van der Waals surface area contributed by atoms with Crippen molar-refractivity contribution in [1.82, 2.24) is 4.90 Å². The Kier molecular flexibility index (Phi) is 7.51. The fraction of sp³-hybridized carbons (Fsp3) is 0.625. The van der Waals surface area contributed by atoms with Crippen LogP contribution in [0.1, 0.15) is 38.7 Å². The molecule has 1 aromatic carbocycles. The van der Waals surface area contributed by atoms with Crippen LogP contribution in [0.15, 0.2) is 24.3 Å². The number of ether oxygens (including phenoxy) is 1. The van der Waals surface area contributed by atoms with Gasteiger partial charge in [0.1, 0.15) is 5.75 Å². The van der Waals surface area contributed by atoms with Gasteiger partial charge in [0, 0.05) is 6.54 Å². The lowest BCUT2D eigenvalue weighted by atomic mass is 10.2. The molecular weight excluding hydrogens is 222 g/mol. The van der Waals surface area contributed by atoms with Crippen molar-refractivity contribution in [2.24, 2.45) is 0 Å². The van der Waals surface area contributed by atoms with Crippen molar-refractivity contribution in [3.63, 3.8) is 0 Å². The van der Waals surface area contributed by atoms with Gasteiger partial charge in [-0.2, -0.15) is 0 Å². The zero-order chi connectivity index (χ0) is 13.2. The van der Waals surface area contributed by atoms with E-state index in [0.717, 1.165) is 25.3 Å². The number of para-hydroxylation sites is 1. The Bertz CT molecular complexity index is 319. The molecule has 0 bridgehead atoms. The lowest BCUT2D eigenvalue weighted by molar-refractivity contribution is 0.234. The summed E-state index contributed by atoms with van der Waals surface area (Å²) >= 11 is 0. The van der Waals surface area contributed by atoms with E-state index < -0.39 is 0 Å². The van der Waals surface area contributed by atoms with Gasteiger partial charge in [-0.05, 0) is 50.9 Å². The van der Waals surface area contributed by atoms with Crippen molar-refractivity contribution in [2.45, 2.75) is 40.0 Å². The molecule has 0 aliphatic rings. The highest BCUT2D eigenvalue weighted by Crippen LogP contribution is 2.16. The Morgan fingerprint density at radius 1 is 1.00 bits per heavy atom. The van der Waals surface area contributed by atoms with Crippen molar-refractivity contribution in [1.29, 1.82) is 0 Å². The quantitative estimate of drug-likeness (QED) is 0.616. The van der Waals surface area contributed by atoms with Crippen LogP contribution in [0.3, 0.4) is 0 Å². The van der Waals surface area contributed by atoms with Gasteiger partial charge in [0.25, 0.3) is 0 Å². The van der Waals surface area contributed by atoms with Gasteiger partial charge in [0.15, 0.2) is 0 Å². The van der Waals surface area contributed by atoms with Crippen LogP contribution < -0.4 is 4.74 Å². The van der Waals surface area contributed by atoms with E-state index in [4.69, 9.17) is 4.74 Å². The molecule has 0 amide bonds. The number of nitrogens with zero attached hydrogens (tertiary/aromatic N) is 1. The van der Waals surface area contributed by atoms with Crippen LogP contribution in [-0.2, 0) is 0 Å². The van der Waals surface area contributed by atoms with Crippen LogP contribution in [0.5, 0.6) is 5.75 Å². The summed E-state index contributed by atoms with van der Waals surface area (Å²) < 4.78 is 5.82. The third-order valence-electron chi connectivity index (χ3n) is 3.05. The van der Waals surface area contributed by atoms with Gasteiger partial charge < -0.3 is 9.64 Å². The first-order valence-electron chi connectivity index (χ1n) is 7.18. The Morgan fingerprint density at radius 2 is 1.67 bits per heavy atom. The lowest BCUT2D eigenvalue weighted by Gasteiger charge is -2.20. The van der Waals surface area contributed by atoms with E-state index in [1.54, 1.807) is 0 Å². The van der Waals surface area contributed by atoms with Gasteiger partial charge in [-0.15, -0.1) is 0 Å². The molecule has 1 aromatic rings. The van der Waals surface area contributed by atoms with E-state index in [2.05, 4.69) is 31.7 Å². The highest BCUT2D eigenvalue weighted by Gasteiger charge is 2.02. The minimum absolute atomic E-state index is 0.814. The minimum atomic E-state index is 0.814. The third-order valence-corrected chi connectivity index (χ3v) is 3.05. The highest BCUT2D eigenvalue weighted by atomic mass is 16.5. The Hall–Kier alpha value is -1.02. The van der Waals surface area contributed by atoms with E-state index in [9.17, 15) is 0 Å². The first kappa shape index (κ1) is 15.0. The first-order chi connectivity index (χ1) is 8.77. The second-order valence-corrected chi connectivity index (χ2v) is 4.81. The van der Waals surface area contributed by atoms with Crippen molar-refractivity contribution in [3.05, 3.63) is 29.8 Å². The van der Waals surface area contributed by atoms with Crippen molar-refractivity contribution >= 4 is 0 Å². The predicted molar refractivity (Wildman–Crippen MR) is 78.3 cm³/mol. The first-order valence-corrected chi connectivity index (χ1v) is 7.18. The summed E-state index contributed by atoms with van der Waals surface area (Å²) in [5.74, 6) is 1.02.